The van der Waals surface area contributed by atoms with Gasteiger partial charge in [0.25, 0.3) is 0 Å². The Bertz CT molecular complexity index is 1140. The van der Waals surface area contributed by atoms with Crippen LogP contribution in [0.1, 0.15) is 46.5 Å². The van der Waals surface area contributed by atoms with Gasteiger partial charge in [0, 0.05) is 25.8 Å². The van der Waals surface area contributed by atoms with Crippen LogP contribution in [0.25, 0.3) is 0 Å². The van der Waals surface area contributed by atoms with E-state index in [2.05, 4.69) is 15.0 Å². The molecule has 0 radical (unpaired) electrons. The molecule has 232 valence electrons. The number of rotatable bonds is 18. The van der Waals surface area contributed by atoms with E-state index < -0.39 is 34.2 Å². The summed E-state index contributed by atoms with van der Waals surface area (Å²) in [5.74, 6) is -0.977. The number of benzene rings is 1. The number of hydrogen-bond acceptors (Lipinski definition) is 9. The van der Waals surface area contributed by atoms with Gasteiger partial charge in [-0.3, -0.25) is 9.59 Å². The summed E-state index contributed by atoms with van der Waals surface area (Å²) in [5, 5.41) is 2.85. The lowest BCUT2D eigenvalue weighted by atomic mass is 10.1. The van der Waals surface area contributed by atoms with Gasteiger partial charge >= 0.3 is 5.97 Å². The van der Waals surface area contributed by atoms with Crippen molar-refractivity contribution >= 4 is 56.7 Å². The van der Waals surface area contributed by atoms with Crippen LogP contribution in [0.5, 0.6) is 0 Å². The predicted octanol–water partition coefficient (Wildman–Crippen LogP) is 1.86. The maximum absolute atomic E-state index is 13.6. The molecular weight excluding hydrogens is 599 g/mol. The molecule has 0 aliphatic heterocycles. The maximum atomic E-state index is 13.6. The van der Waals surface area contributed by atoms with E-state index in [4.69, 9.17) is 48.9 Å². The van der Waals surface area contributed by atoms with Crippen LogP contribution in [0.15, 0.2) is 22.0 Å². The molecule has 1 saturated carbocycles. The molecule has 1 atom stereocenters. The number of hydrogen-bond donors (Lipinski definition) is 4. The maximum Gasteiger partial charge on any atom is 0.325 e. The number of ether oxygens (including phenoxy) is 3. The van der Waals surface area contributed by atoms with E-state index >= 15 is 0 Å². The van der Waals surface area contributed by atoms with Gasteiger partial charge in [-0.05, 0) is 58.6 Å². The van der Waals surface area contributed by atoms with E-state index in [0.717, 1.165) is 12.1 Å². The second kappa shape index (κ2) is 16.9. The molecule has 0 bridgehead atoms. The molecule has 1 amide bonds. The average Bonchev–Trinajstić information content (AvgIpc) is 3.76. The lowest BCUT2D eigenvalue weighted by Gasteiger charge is -2.27. The quantitative estimate of drug-likeness (QED) is 0.0461. The van der Waals surface area contributed by atoms with Crippen LogP contribution in [-0.2, 0) is 33.8 Å². The molecule has 1 aromatic carbocycles. The molecule has 1 aliphatic carbocycles. The Kier molecular flexibility index (Phi) is 14.4. The minimum atomic E-state index is -4.26. The van der Waals surface area contributed by atoms with Gasteiger partial charge < -0.3 is 35.9 Å². The summed E-state index contributed by atoms with van der Waals surface area (Å²) in [7, 11) is -4.26. The summed E-state index contributed by atoms with van der Waals surface area (Å²) >= 11 is 12.1. The molecule has 16 heteroatoms. The lowest BCUT2D eigenvalue weighted by molar-refractivity contribution is -0.149. The molecule has 6 N–H and O–H groups in total. The number of aliphatic imine (C=N–C) groups is 1. The highest BCUT2D eigenvalue weighted by molar-refractivity contribution is 7.89. The number of carbonyl (C=O) groups excluding carboxylic acids is 2. The molecule has 41 heavy (non-hydrogen) atoms. The fraction of sp³-hybridized carbons (Fsp3) is 0.640. The van der Waals surface area contributed by atoms with Gasteiger partial charge in [0.2, 0.25) is 15.9 Å². The summed E-state index contributed by atoms with van der Waals surface area (Å²) < 4.78 is 44.9. The average molecular weight is 640 g/mol. The number of nitrogen functional groups attached to an aromatic ring is 1. The van der Waals surface area contributed by atoms with Crippen molar-refractivity contribution in [3.8, 4) is 0 Å². The second-order valence-corrected chi connectivity index (χ2v) is 11.6. The number of nitrogens with zero attached hydrogens (tertiary/aromatic N) is 2. The summed E-state index contributed by atoms with van der Waals surface area (Å²) in [4.78, 5) is 31.1. The van der Waals surface area contributed by atoms with Gasteiger partial charge in [0.05, 0.1) is 33.8 Å². The first-order valence-corrected chi connectivity index (χ1v) is 15.7. The van der Waals surface area contributed by atoms with Crippen molar-refractivity contribution in [1.82, 2.24) is 14.9 Å². The molecular formula is C25H40Cl2N6O7S. The zero-order valence-corrected chi connectivity index (χ0v) is 25.9. The topological polar surface area (TPSA) is 188 Å². The molecule has 0 saturated heterocycles. The molecule has 1 aromatic rings. The van der Waals surface area contributed by atoms with Crippen LogP contribution in [0.3, 0.4) is 0 Å². The highest BCUT2D eigenvalue weighted by Gasteiger charge is 2.38. The standard InChI is InChI=1S/C25H40Cl2N6O7S/c1-4-38-21(34)15-33(16-9-10-16)24(35)20(32-41(36,37)17-12-18(26)23(28)19(27)13-17)8-7-11-30-25(29)31-14-22(39-5-2)40-6-3/h12-13,16,20,22,32H,4-11,14-15,28H2,1-3H3,(H3,29,30,31)/t20-/m0/s1. The molecule has 1 aliphatic rings. The summed E-state index contributed by atoms with van der Waals surface area (Å²) in [6, 6.07) is 0.926. The van der Waals surface area contributed by atoms with Crippen LogP contribution in [0, 0.1) is 0 Å². The fourth-order valence-corrected chi connectivity index (χ4v) is 5.69. The third kappa shape index (κ3) is 11.4. The highest BCUT2D eigenvalue weighted by Crippen LogP contribution is 2.31. The van der Waals surface area contributed by atoms with Crippen LogP contribution in [0.4, 0.5) is 5.69 Å². The van der Waals surface area contributed by atoms with Crippen molar-refractivity contribution in [1.29, 1.82) is 0 Å². The Labute approximate surface area is 251 Å². The molecule has 1 fully saturated rings. The van der Waals surface area contributed by atoms with Gasteiger partial charge in [-0.25, -0.2) is 13.4 Å². The van der Waals surface area contributed by atoms with Gasteiger partial charge in [-0.1, -0.05) is 23.2 Å². The first kappa shape index (κ1) is 34.8. The third-order valence-electron chi connectivity index (χ3n) is 5.93. The van der Waals surface area contributed by atoms with Crippen molar-refractivity contribution in [3.05, 3.63) is 22.2 Å². The van der Waals surface area contributed by atoms with Crippen molar-refractivity contribution in [3.63, 3.8) is 0 Å². The van der Waals surface area contributed by atoms with E-state index in [1.807, 2.05) is 13.8 Å². The smallest absolute Gasteiger partial charge is 0.325 e. The summed E-state index contributed by atoms with van der Waals surface area (Å²) in [6.45, 7) is 6.63. The Hall–Kier alpha value is -2.36. The second-order valence-electron chi connectivity index (χ2n) is 9.11. The van der Waals surface area contributed by atoms with Gasteiger partial charge in [0.1, 0.15) is 12.6 Å². The highest BCUT2D eigenvalue weighted by atomic mass is 35.5. The molecule has 13 nitrogen and oxygen atoms in total. The zero-order valence-electron chi connectivity index (χ0n) is 23.5. The van der Waals surface area contributed by atoms with Crippen molar-refractivity contribution < 1.29 is 32.2 Å². The molecule has 0 aromatic heterocycles. The Morgan fingerprint density at radius 3 is 2.27 bits per heavy atom. The Morgan fingerprint density at radius 1 is 1.12 bits per heavy atom. The number of halogens is 2. The van der Waals surface area contributed by atoms with Crippen LogP contribution in [0.2, 0.25) is 10.0 Å². The third-order valence-corrected chi connectivity index (χ3v) is 8.00. The molecule has 0 heterocycles. The number of guanidine groups is 1. The minimum absolute atomic E-state index is 0.0356. The predicted molar refractivity (Wildman–Crippen MR) is 157 cm³/mol. The summed E-state index contributed by atoms with van der Waals surface area (Å²) in [5.41, 5.74) is 11.7. The number of esters is 1. The fourth-order valence-electron chi connectivity index (χ4n) is 3.80. The van der Waals surface area contributed by atoms with Crippen LogP contribution < -0.4 is 21.5 Å². The number of amides is 1. The number of carbonyl (C=O) groups is 2. The Balaban J connectivity index is 2.16. The van der Waals surface area contributed by atoms with Crippen molar-refractivity contribution in [2.75, 3.05) is 45.2 Å². The monoisotopic (exact) mass is 638 g/mol. The van der Waals surface area contributed by atoms with Gasteiger partial charge in [-0.2, -0.15) is 4.72 Å². The molecule has 0 unspecified atom stereocenters. The van der Waals surface area contributed by atoms with E-state index in [1.54, 1.807) is 6.92 Å². The minimum Gasteiger partial charge on any atom is -0.465 e. The SMILES string of the molecule is CCOC(=O)CN(C(=O)[C@H](CCCNC(N)=NCC(OCC)OCC)NS(=O)(=O)c1cc(Cl)c(N)c(Cl)c1)C1CC1. The summed E-state index contributed by atoms with van der Waals surface area (Å²) in [6.07, 6.45) is 1.29. The number of anilines is 1. The van der Waals surface area contributed by atoms with Crippen molar-refractivity contribution in [2.45, 2.75) is 69.7 Å². The molecule has 0 spiro atoms. The number of nitrogens with two attached hydrogens (primary N) is 2. The normalized spacial score (nSPS) is 14.6. The van der Waals surface area contributed by atoms with Crippen LogP contribution in [-0.4, -0.2) is 89.0 Å². The van der Waals surface area contributed by atoms with Crippen molar-refractivity contribution in [2.24, 2.45) is 10.7 Å². The van der Waals surface area contributed by atoms with Gasteiger partial charge in [-0.15, -0.1) is 0 Å². The lowest BCUT2D eigenvalue weighted by Crippen LogP contribution is -2.51. The first-order valence-electron chi connectivity index (χ1n) is 13.4. The largest absolute Gasteiger partial charge is 0.465 e. The van der Waals surface area contributed by atoms with E-state index in [-0.39, 0.29) is 65.3 Å². The van der Waals surface area contributed by atoms with Crippen LogP contribution >= 0.6 is 23.2 Å². The van der Waals surface area contributed by atoms with E-state index in [0.29, 0.717) is 32.5 Å². The first-order chi connectivity index (χ1) is 19.4. The number of nitrogens with one attached hydrogen (secondary N) is 2. The zero-order chi connectivity index (χ0) is 30.6. The number of sulfonamides is 1. The molecule has 2 rings (SSSR count). The van der Waals surface area contributed by atoms with E-state index in [9.17, 15) is 18.0 Å². The van der Waals surface area contributed by atoms with Gasteiger partial charge in [0.15, 0.2) is 12.2 Å². The Morgan fingerprint density at radius 2 is 1.73 bits per heavy atom. The van der Waals surface area contributed by atoms with E-state index in [1.165, 1.54) is 4.90 Å².